The molecule has 0 saturated heterocycles. The number of amides is 1. The highest BCUT2D eigenvalue weighted by molar-refractivity contribution is 6.01. The minimum Gasteiger partial charge on any atom is -0.494 e. The Morgan fingerprint density at radius 3 is 2.68 bits per heavy atom. The quantitative estimate of drug-likeness (QED) is 0.675. The summed E-state index contributed by atoms with van der Waals surface area (Å²) in [5.74, 6) is -0.00649. The van der Waals surface area contributed by atoms with E-state index in [4.69, 9.17) is 9.47 Å². The lowest BCUT2D eigenvalue weighted by molar-refractivity contribution is -0.189. The SMILES string of the molecule is COc1c(C#N)ccc(OC(C)C(F)(F)F)c1C(=O)N1Cc2cn(C3=NCC(C)C=C3)nc2C1. The number of carbonyl (C=O) groups is 1. The number of carbonyl (C=O) groups excluding carboxylic acids is 1. The third-order valence-electron chi connectivity index (χ3n) is 5.64. The number of nitrogens with zero attached hydrogens (tertiary/aromatic N) is 5. The molecular weight excluding hydrogens is 451 g/mol. The van der Waals surface area contributed by atoms with Gasteiger partial charge in [-0.2, -0.15) is 23.5 Å². The van der Waals surface area contributed by atoms with E-state index >= 15 is 0 Å². The number of hydrogen-bond acceptors (Lipinski definition) is 6. The first kappa shape index (κ1) is 23.4. The van der Waals surface area contributed by atoms with Crippen LogP contribution in [-0.4, -0.2) is 52.4 Å². The van der Waals surface area contributed by atoms with Crippen LogP contribution >= 0.6 is 0 Å². The smallest absolute Gasteiger partial charge is 0.425 e. The average molecular weight is 473 g/mol. The van der Waals surface area contributed by atoms with Gasteiger partial charge in [0, 0.05) is 24.8 Å². The summed E-state index contributed by atoms with van der Waals surface area (Å²) in [5, 5.41) is 13.9. The highest BCUT2D eigenvalue weighted by Crippen LogP contribution is 2.37. The molecule has 178 valence electrons. The van der Waals surface area contributed by atoms with Gasteiger partial charge in [0.2, 0.25) is 0 Å². The standard InChI is InChI=1S/C23H22F3N5O3/c1-13-4-7-19(28-9-13)31-11-16-10-30(12-17(16)29-31)22(32)20-18(34-14(2)23(24,25)26)6-5-15(8-27)21(20)33-3/h4-7,11,13-14H,9-10,12H2,1-3H3. The lowest BCUT2D eigenvalue weighted by atomic mass is 10.1. The van der Waals surface area contributed by atoms with Crippen LogP contribution in [0.1, 0.15) is 41.0 Å². The molecule has 0 aliphatic carbocycles. The average Bonchev–Trinajstić information content (AvgIpc) is 3.37. The number of allylic oxidation sites excluding steroid dienone is 1. The number of alkyl halides is 3. The van der Waals surface area contributed by atoms with Crippen molar-refractivity contribution in [2.45, 2.75) is 39.2 Å². The van der Waals surface area contributed by atoms with Crippen LogP contribution in [0.15, 0.2) is 35.5 Å². The molecule has 11 heteroatoms. The van der Waals surface area contributed by atoms with E-state index in [1.165, 1.54) is 24.1 Å². The number of dihydropyridines is 1. The van der Waals surface area contributed by atoms with Gasteiger partial charge in [-0.3, -0.25) is 9.79 Å². The number of fused-ring (bicyclic) bond motifs is 1. The van der Waals surface area contributed by atoms with Crippen molar-refractivity contribution in [3.05, 3.63) is 52.9 Å². The molecule has 8 nitrogen and oxygen atoms in total. The normalized spacial score (nSPS) is 18.2. The topological polar surface area (TPSA) is 92.7 Å². The molecule has 34 heavy (non-hydrogen) atoms. The largest absolute Gasteiger partial charge is 0.494 e. The summed E-state index contributed by atoms with van der Waals surface area (Å²) in [7, 11) is 1.24. The Morgan fingerprint density at radius 2 is 2.09 bits per heavy atom. The van der Waals surface area contributed by atoms with Crippen LogP contribution in [0.25, 0.3) is 0 Å². The van der Waals surface area contributed by atoms with E-state index in [-0.39, 0.29) is 35.7 Å². The van der Waals surface area contributed by atoms with Crippen LogP contribution in [0.2, 0.25) is 0 Å². The predicted molar refractivity (Wildman–Crippen MR) is 116 cm³/mol. The van der Waals surface area contributed by atoms with Crippen molar-refractivity contribution in [2.24, 2.45) is 10.9 Å². The molecule has 0 bridgehead atoms. The first-order chi connectivity index (χ1) is 16.1. The van der Waals surface area contributed by atoms with Crippen molar-refractivity contribution >= 4 is 11.7 Å². The Hall–Kier alpha value is -3.81. The molecule has 2 aromatic rings. The Kier molecular flexibility index (Phi) is 6.08. The van der Waals surface area contributed by atoms with Gasteiger partial charge in [0.05, 0.1) is 24.9 Å². The fraction of sp³-hybridized carbons (Fsp3) is 0.391. The molecule has 4 rings (SSSR count). The monoisotopic (exact) mass is 473 g/mol. The number of methoxy groups -OCH3 is 1. The molecule has 1 amide bonds. The number of aliphatic imine (C=N–C) groups is 1. The van der Waals surface area contributed by atoms with E-state index < -0.39 is 18.2 Å². The zero-order valence-electron chi connectivity index (χ0n) is 18.8. The van der Waals surface area contributed by atoms with Crippen molar-refractivity contribution in [1.29, 1.82) is 5.26 Å². The predicted octanol–water partition coefficient (Wildman–Crippen LogP) is 3.70. The molecule has 0 saturated carbocycles. The van der Waals surface area contributed by atoms with Crippen LogP contribution in [-0.2, 0) is 13.1 Å². The summed E-state index contributed by atoms with van der Waals surface area (Å²) >= 11 is 0. The maximum absolute atomic E-state index is 13.4. The molecule has 0 radical (unpaired) electrons. The third kappa shape index (κ3) is 4.35. The van der Waals surface area contributed by atoms with Crippen molar-refractivity contribution < 1.29 is 27.4 Å². The summed E-state index contributed by atoms with van der Waals surface area (Å²) in [4.78, 5) is 19.4. The Balaban J connectivity index is 1.62. The summed E-state index contributed by atoms with van der Waals surface area (Å²) in [5.41, 5.74) is 1.23. The Labute approximate surface area is 193 Å². The van der Waals surface area contributed by atoms with Gasteiger partial charge in [-0.15, -0.1) is 0 Å². The van der Waals surface area contributed by atoms with Crippen molar-refractivity contribution in [1.82, 2.24) is 14.7 Å². The minimum atomic E-state index is -4.64. The van der Waals surface area contributed by atoms with Gasteiger partial charge in [0.15, 0.2) is 11.9 Å². The highest BCUT2D eigenvalue weighted by atomic mass is 19.4. The van der Waals surface area contributed by atoms with E-state index in [1.54, 1.807) is 10.9 Å². The van der Waals surface area contributed by atoms with Gasteiger partial charge < -0.3 is 14.4 Å². The van der Waals surface area contributed by atoms with E-state index in [0.29, 0.717) is 24.0 Å². The molecular formula is C23H22F3N5O3. The Morgan fingerprint density at radius 1 is 1.32 bits per heavy atom. The number of ether oxygens (including phenoxy) is 2. The number of nitriles is 1. The van der Waals surface area contributed by atoms with Gasteiger partial charge in [-0.1, -0.05) is 13.0 Å². The maximum Gasteiger partial charge on any atom is 0.425 e. The van der Waals surface area contributed by atoms with E-state index in [1.807, 2.05) is 18.2 Å². The zero-order chi connectivity index (χ0) is 24.6. The second-order valence-electron chi connectivity index (χ2n) is 8.18. The van der Waals surface area contributed by atoms with Gasteiger partial charge in [-0.05, 0) is 31.1 Å². The lowest BCUT2D eigenvalue weighted by Gasteiger charge is -2.23. The first-order valence-corrected chi connectivity index (χ1v) is 10.6. The van der Waals surface area contributed by atoms with Crippen LogP contribution < -0.4 is 9.47 Å². The number of aromatic nitrogens is 2. The maximum atomic E-state index is 13.4. The van der Waals surface area contributed by atoms with Crippen molar-refractivity contribution in [3.63, 3.8) is 0 Å². The fourth-order valence-corrected chi connectivity index (χ4v) is 3.74. The third-order valence-corrected chi connectivity index (χ3v) is 5.64. The van der Waals surface area contributed by atoms with Crippen molar-refractivity contribution in [2.75, 3.05) is 13.7 Å². The number of halogens is 3. The summed E-state index contributed by atoms with van der Waals surface area (Å²) in [6.45, 7) is 3.90. The number of benzene rings is 1. The highest BCUT2D eigenvalue weighted by Gasteiger charge is 2.40. The molecule has 0 spiro atoms. The van der Waals surface area contributed by atoms with Crippen LogP contribution in [0.3, 0.4) is 0 Å². The van der Waals surface area contributed by atoms with E-state index in [0.717, 1.165) is 12.5 Å². The summed E-state index contributed by atoms with van der Waals surface area (Å²) in [6, 6.07) is 4.33. The lowest BCUT2D eigenvalue weighted by Crippen LogP contribution is -2.33. The van der Waals surface area contributed by atoms with Gasteiger partial charge in [0.25, 0.3) is 5.91 Å². The van der Waals surface area contributed by atoms with Crippen molar-refractivity contribution in [3.8, 4) is 17.6 Å². The fourth-order valence-electron chi connectivity index (χ4n) is 3.74. The van der Waals surface area contributed by atoms with Gasteiger partial charge in [-0.25, -0.2) is 4.68 Å². The van der Waals surface area contributed by atoms with Gasteiger partial charge in [0.1, 0.15) is 23.2 Å². The second kappa shape index (κ2) is 8.85. The molecule has 0 N–H and O–H groups in total. The number of rotatable bonds is 4. The van der Waals surface area contributed by atoms with Crippen LogP contribution in [0.5, 0.6) is 11.5 Å². The van der Waals surface area contributed by atoms with E-state index in [9.17, 15) is 23.2 Å². The molecule has 1 aromatic carbocycles. The molecule has 0 fully saturated rings. The molecule has 2 aliphatic heterocycles. The second-order valence-corrected chi connectivity index (χ2v) is 8.18. The molecule has 2 unspecified atom stereocenters. The molecule has 3 heterocycles. The molecule has 2 aliphatic rings. The summed E-state index contributed by atoms with van der Waals surface area (Å²) < 4.78 is 51.4. The molecule has 1 aromatic heterocycles. The van der Waals surface area contributed by atoms with Gasteiger partial charge >= 0.3 is 6.18 Å². The van der Waals surface area contributed by atoms with Crippen LogP contribution in [0.4, 0.5) is 13.2 Å². The summed E-state index contributed by atoms with van der Waals surface area (Å²) in [6.07, 6.45) is -1.08. The number of hydrogen-bond donors (Lipinski definition) is 0. The molecule has 2 atom stereocenters. The van der Waals surface area contributed by atoms with E-state index in [2.05, 4.69) is 17.0 Å². The zero-order valence-corrected chi connectivity index (χ0v) is 18.8. The van der Waals surface area contributed by atoms with Crippen LogP contribution in [0, 0.1) is 17.2 Å². The first-order valence-electron chi connectivity index (χ1n) is 10.6. The Bertz CT molecular complexity index is 1200. The minimum absolute atomic E-state index is 0.0105.